The number of nitrogens with zero attached hydrogens (tertiary/aromatic N) is 2. The van der Waals surface area contributed by atoms with Gasteiger partial charge in [0.05, 0.1) is 0 Å². The highest BCUT2D eigenvalue weighted by Crippen LogP contribution is 2.26. The zero-order valence-electron chi connectivity index (χ0n) is 29.4. The fraction of sp³-hybridized carbons (Fsp3) is 0.385. The molecule has 9 heteroatoms. The Morgan fingerprint density at radius 2 is 1.35 bits per heavy atom. The van der Waals surface area contributed by atoms with Crippen molar-refractivity contribution >= 4 is 23.8 Å². The Balaban J connectivity index is 1.92. The lowest BCUT2D eigenvalue weighted by atomic mass is 9.93. The van der Waals surface area contributed by atoms with Crippen LogP contribution in [0.3, 0.4) is 0 Å². The van der Waals surface area contributed by atoms with Crippen molar-refractivity contribution in [3.05, 3.63) is 108 Å². The number of hydrogen-bond acceptors (Lipinski definition) is 5. The summed E-state index contributed by atoms with van der Waals surface area (Å²) in [5.74, 6) is -1.04. The van der Waals surface area contributed by atoms with Crippen molar-refractivity contribution in [1.82, 2.24) is 20.4 Å². The Bertz CT molecular complexity index is 1560. The van der Waals surface area contributed by atoms with Crippen LogP contribution in [0.25, 0.3) is 11.1 Å². The quantitative estimate of drug-likeness (QED) is 0.227. The van der Waals surface area contributed by atoms with E-state index in [0.717, 1.165) is 22.3 Å². The molecule has 0 aliphatic heterocycles. The Morgan fingerprint density at radius 3 is 1.96 bits per heavy atom. The molecular formula is C39H50N4O5. The van der Waals surface area contributed by atoms with Crippen molar-refractivity contribution in [3.63, 3.8) is 0 Å². The van der Waals surface area contributed by atoms with Gasteiger partial charge in [0, 0.05) is 39.5 Å². The van der Waals surface area contributed by atoms with E-state index >= 15 is 0 Å². The highest BCUT2D eigenvalue weighted by molar-refractivity contribution is 5.95. The van der Waals surface area contributed by atoms with E-state index in [9.17, 15) is 19.2 Å². The summed E-state index contributed by atoms with van der Waals surface area (Å²) in [4.78, 5) is 56.5. The molecule has 3 aromatic carbocycles. The number of ether oxygens (including phenoxy) is 1. The first-order chi connectivity index (χ1) is 22.6. The third kappa shape index (κ3) is 11.1. The molecule has 0 spiro atoms. The van der Waals surface area contributed by atoms with Gasteiger partial charge in [-0.25, -0.2) is 4.79 Å². The maximum absolute atomic E-state index is 14.4. The third-order valence-corrected chi connectivity index (χ3v) is 7.98. The number of carbonyl (C=O) groups is 4. The summed E-state index contributed by atoms with van der Waals surface area (Å²) in [6, 6.07) is 25.5. The van der Waals surface area contributed by atoms with Gasteiger partial charge in [-0.1, -0.05) is 91.0 Å². The summed E-state index contributed by atoms with van der Waals surface area (Å²) in [5, 5.41) is 5.54. The zero-order valence-corrected chi connectivity index (χ0v) is 29.4. The van der Waals surface area contributed by atoms with Crippen molar-refractivity contribution in [3.8, 4) is 11.1 Å². The average Bonchev–Trinajstić information content (AvgIpc) is 3.04. The molecule has 256 valence electrons. The second-order valence-corrected chi connectivity index (χ2v) is 13.6. The van der Waals surface area contributed by atoms with Crippen molar-refractivity contribution in [2.24, 2.45) is 0 Å². The first-order valence-corrected chi connectivity index (χ1v) is 16.2. The fourth-order valence-corrected chi connectivity index (χ4v) is 5.35. The molecule has 0 aromatic heterocycles. The molecule has 9 nitrogen and oxygen atoms in total. The van der Waals surface area contributed by atoms with E-state index in [1.807, 2.05) is 98.8 Å². The van der Waals surface area contributed by atoms with E-state index < -0.39 is 29.3 Å². The minimum atomic E-state index is -0.923. The van der Waals surface area contributed by atoms with E-state index in [-0.39, 0.29) is 24.1 Å². The molecule has 0 saturated carbocycles. The molecule has 0 radical (unpaired) electrons. The second kappa shape index (κ2) is 16.8. The molecule has 0 fully saturated rings. The van der Waals surface area contributed by atoms with Gasteiger partial charge in [0.15, 0.2) is 0 Å². The molecule has 2 N–H and O–H groups in total. The highest BCUT2D eigenvalue weighted by Gasteiger charge is 2.35. The molecule has 0 aliphatic carbocycles. The maximum atomic E-state index is 14.4. The monoisotopic (exact) mass is 654 g/mol. The molecule has 48 heavy (non-hydrogen) atoms. The lowest BCUT2D eigenvalue weighted by Gasteiger charge is -2.34. The van der Waals surface area contributed by atoms with Crippen LogP contribution in [0.4, 0.5) is 4.79 Å². The van der Waals surface area contributed by atoms with Crippen LogP contribution in [0.1, 0.15) is 52.2 Å². The number of carbonyl (C=O) groups excluding carboxylic acids is 4. The van der Waals surface area contributed by atoms with Crippen LogP contribution in [0.2, 0.25) is 0 Å². The van der Waals surface area contributed by atoms with Crippen molar-refractivity contribution < 1.29 is 23.9 Å². The van der Waals surface area contributed by atoms with Gasteiger partial charge < -0.3 is 25.2 Å². The number of rotatable bonds is 13. The molecule has 4 amide bonds. The number of alkyl carbamates (subject to hydrolysis) is 1. The van der Waals surface area contributed by atoms with Gasteiger partial charge in [-0.2, -0.15) is 0 Å². The number of likely N-dealkylation sites (N-methyl/N-ethyl adjacent to an activating group) is 3. The Labute approximate surface area is 285 Å². The van der Waals surface area contributed by atoms with Crippen LogP contribution in [-0.4, -0.2) is 78.0 Å². The summed E-state index contributed by atoms with van der Waals surface area (Å²) >= 11 is 0. The van der Waals surface area contributed by atoms with Gasteiger partial charge in [-0.15, -0.1) is 0 Å². The van der Waals surface area contributed by atoms with Crippen molar-refractivity contribution in [2.45, 2.75) is 77.1 Å². The summed E-state index contributed by atoms with van der Waals surface area (Å²) in [5.41, 5.74) is 2.42. The predicted octanol–water partition coefficient (Wildman–Crippen LogP) is 5.79. The smallest absolute Gasteiger partial charge is 0.408 e. The largest absolute Gasteiger partial charge is 0.444 e. The topological polar surface area (TPSA) is 108 Å². The van der Waals surface area contributed by atoms with Crippen LogP contribution in [0.5, 0.6) is 0 Å². The number of amides is 4. The summed E-state index contributed by atoms with van der Waals surface area (Å²) in [6.45, 7) is 9.05. The van der Waals surface area contributed by atoms with Gasteiger partial charge in [-0.05, 0) is 69.4 Å². The summed E-state index contributed by atoms with van der Waals surface area (Å²) in [7, 11) is 4.76. The van der Waals surface area contributed by atoms with Gasteiger partial charge in [-0.3, -0.25) is 14.4 Å². The van der Waals surface area contributed by atoms with Crippen LogP contribution in [0.15, 0.2) is 97.1 Å². The lowest BCUT2D eigenvalue weighted by molar-refractivity contribution is -0.146. The van der Waals surface area contributed by atoms with E-state index in [1.54, 1.807) is 48.0 Å². The van der Waals surface area contributed by atoms with E-state index in [2.05, 4.69) is 10.6 Å². The molecule has 0 unspecified atom stereocenters. The Morgan fingerprint density at radius 1 is 0.771 bits per heavy atom. The standard InChI is InChI=1S/C39H50N4O5/c1-38(2,3)48-37(47)41-39(4,5)25-17-24-34(44)42(7)33(27-30-22-15-16-23-31(30)29-20-13-10-14-21-29)36(46)43(8)32(35(45)40-6)26-28-18-11-9-12-19-28/h9-24,32-33H,25-27H2,1-8H3,(H,40,45)(H,41,47)/t32-,33-/m1/s1. The van der Waals surface area contributed by atoms with Crippen LogP contribution in [0, 0.1) is 0 Å². The second-order valence-electron chi connectivity index (χ2n) is 13.6. The number of nitrogens with one attached hydrogen (secondary N) is 2. The van der Waals surface area contributed by atoms with Gasteiger partial charge in [0.2, 0.25) is 17.7 Å². The average molecular weight is 655 g/mol. The normalized spacial score (nSPS) is 12.9. The summed E-state index contributed by atoms with van der Waals surface area (Å²) < 4.78 is 5.38. The molecule has 3 aromatic rings. The minimum absolute atomic E-state index is 0.224. The number of benzene rings is 3. The fourth-order valence-electron chi connectivity index (χ4n) is 5.35. The van der Waals surface area contributed by atoms with Crippen LogP contribution in [-0.2, 0) is 32.0 Å². The van der Waals surface area contributed by atoms with Gasteiger partial charge in [0.25, 0.3) is 0 Å². The van der Waals surface area contributed by atoms with Gasteiger partial charge >= 0.3 is 6.09 Å². The van der Waals surface area contributed by atoms with E-state index in [4.69, 9.17) is 4.74 Å². The predicted molar refractivity (Wildman–Crippen MR) is 190 cm³/mol. The molecular weight excluding hydrogens is 604 g/mol. The Kier molecular flexibility index (Phi) is 13.1. The van der Waals surface area contributed by atoms with E-state index in [0.29, 0.717) is 12.8 Å². The lowest BCUT2D eigenvalue weighted by Crippen LogP contribution is -2.55. The molecule has 3 rings (SSSR count). The molecule has 0 bridgehead atoms. The van der Waals surface area contributed by atoms with Crippen LogP contribution >= 0.6 is 0 Å². The summed E-state index contributed by atoms with van der Waals surface area (Å²) in [6.07, 6.45) is 3.44. The molecule has 0 saturated heterocycles. The molecule has 0 aliphatic rings. The van der Waals surface area contributed by atoms with Crippen molar-refractivity contribution in [2.75, 3.05) is 21.1 Å². The van der Waals surface area contributed by atoms with Crippen LogP contribution < -0.4 is 10.6 Å². The zero-order chi connectivity index (χ0) is 35.5. The molecule has 0 heterocycles. The minimum Gasteiger partial charge on any atom is -0.444 e. The SMILES string of the molecule is CNC(=O)[C@@H](Cc1ccccc1)N(C)C(=O)[C@@H](Cc1ccccc1-c1ccccc1)N(C)C(=O)C=CCC(C)(C)NC(=O)OC(C)(C)C. The maximum Gasteiger partial charge on any atom is 0.408 e. The van der Waals surface area contributed by atoms with E-state index in [1.165, 1.54) is 15.9 Å². The van der Waals surface area contributed by atoms with Crippen molar-refractivity contribution in [1.29, 1.82) is 0 Å². The highest BCUT2D eigenvalue weighted by atomic mass is 16.6. The first kappa shape index (κ1) is 37.5. The Hall–Kier alpha value is -4.92. The first-order valence-electron chi connectivity index (χ1n) is 16.2. The van der Waals surface area contributed by atoms with Gasteiger partial charge in [0.1, 0.15) is 17.7 Å². The molecule has 2 atom stereocenters. The third-order valence-electron chi connectivity index (χ3n) is 7.98. The number of hydrogen-bond donors (Lipinski definition) is 2.